The molecule has 0 atom stereocenters. The fraction of sp³-hybridized carbons (Fsp3) is 0.632. The third-order valence-electron chi connectivity index (χ3n) is 4.62. The second-order valence-electron chi connectivity index (χ2n) is 7.09. The van der Waals surface area contributed by atoms with Crippen LogP contribution in [0.1, 0.15) is 33.3 Å². The van der Waals surface area contributed by atoms with Crippen molar-refractivity contribution in [1.82, 2.24) is 10.2 Å². The first-order chi connectivity index (χ1) is 12.7. The third kappa shape index (κ3) is 5.88. The van der Waals surface area contributed by atoms with Gasteiger partial charge < -0.3 is 19.7 Å². The van der Waals surface area contributed by atoms with Gasteiger partial charge in [0.25, 0.3) is 0 Å². The zero-order valence-electron chi connectivity index (χ0n) is 17.3. The summed E-state index contributed by atoms with van der Waals surface area (Å²) in [6.07, 6.45) is 0. The lowest BCUT2D eigenvalue weighted by atomic mass is 10.2. The largest absolute Gasteiger partial charge is 0.493 e. The lowest BCUT2D eigenvalue weighted by Crippen LogP contribution is -2.57. The van der Waals surface area contributed by atoms with Gasteiger partial charge >= 0.3 is 0 Å². The van der Waals surface area contributed by atoms with Crippen LogP contribution >= 0.6 is 24.0 Å². The van der Waals surface area contributed by atoms with Crippen molar-refractivity contribution in [2.24, 2.45) is 4.99 Å². The van der Waals surface area contributed by atoms with Crippen LogP contribution < -0.4 is 14.8 Å². The van der Waals surface area contributed by atoms with E-state index in [1.165, 1.54) is 0 Å². The van der Waals surface area contributed by atoms with Crippen molar-refractivity contribution in [3.05, 3.63) is 23.8 Å². The molecule has 0 radical (unpaired) electrons. The number of ether oxygens (including phenoxy) is 2. The Labute approximate surface area is 185 Å². The SMILES string of the molecule is CCNC(=NCc1ccc(OCC)c(OC)c1)N1CCS(=O)(=O)C(C)(C)C1.I. The Morgan fingerprint density at radius 1 is 1.29 bits per heavy atom. The topological polar surface area (TPSA) is 80.2 Å². The molecule has 1 aromatic carbocycles. The summed E-state index contributed by atoms with van der Waals surface area (Å²) in [6, 6.07) is 5.77. The minimum absolute atomic E-state index is 0. The van der Waals surface area contributed by atoms with Gasteiger partial charge in [0.15, 0.2) is 27.3 Å². The minimum atomic E-state index is -3.08. The standard InChI is InChI=1S/C19H31N3O4S.HI/c1-6-20-18(22-10-11-27(23,24)19(3,4)14-22)21-13-15-8-9-16(26-7-2)17(12-15)25-5;/h8-9,12H,6-7,10-11,13-14H2,1-5H3,(H,20,21);1H. The molecule has 1 aliphatic rings. The smallest absolute Gasteiger partial charge is 0.194 e. The average Bonchev–Trinajstić information content (AvgIpc) is 2.62. The number of guanidine groups is 1. The molecule has 1 fully saturated rings. The number of sulfone groups is 1. The van der Waals surface area contributed by atoms with E-state index in [1.54, 1.807) is 21.0 Å². The number of benzene rings is 1. The van der Waals surface area contributed by atoms with Gasteiger partial charge in [-0.25, -0.2) is 13.4 Å². The van der Waals surface area contributed by atoms with Crippen molar-refractivity contribution in [2.45, 2.75) is 39.0 Å². The number of aliphatic imine (C=N–C) groups is 1. The Morgan fingerprint density at radius 3 is 2.57 bits per heavy atom. The van der Waals surface area contributed by atoms with Crippen LogP contribution in [0.5, 0.6) is 11.5 Å². The molecule has 0 saturated carbocycles. The Bertz CT molecular complexity index is 781. The predicted octanol–water partition coefficient (Wildman–Crippen LogP) is 2.69. The number of nitrogens with one attached hydrogen (secondary N) is 1. The van der Waals surface area contributed by atoms with Gasteiger partial charge in [-0.2, -0.15) is 0 Å². The first kappa shape index (κ1) is 24.8. The maximum atomic E-state index is 12.3. The number of methoxy groups -OCH3 is 1. The van der Waals surface area contributed by atoms with Gasteiger partial charge in [0.2, 0.25) is 0 Å². The third-order valence-corrected chi connectivity index (χ3v) is 7.15. The summed E-state index contributed by atoms with van der Waals surface area (Å²) in [5.41, 5.74) is 0.995. The first-order valence-corrected chi connectivity index (χ1v) is 10.9. The molecule has 160 valence electrons. The molecule has 0 unspecified atom stereocenters. The van der Waals surface area contributed by atoms with Crippen molar-refractivity contribution >= 4 is 39.8 Å². The molecule has 1 N–H and O–H groups in total. The molecule has 0 spiro atoms. The molecule has 0 aromatic heterocycles. The van der Waals surface area contributed by atoms with E-state index in [1.807, 2.05) is 36.9 Å². The lowest BCUT2D eigenvalue weighted by molar-refractivity contribution is 0.310. The normalized spacial score (nSPS) is 18.2. The van der Waals surface area contributed by atoms with Gasteiger partial charge in [-0.3, -0.25) is 0 Å². The predicted molar refractivity (Wildman–Crippen MR) is 124 cm³/mol. The van der Waals surface area contributed by atoms with Crippen LogP contribution in [0.3, 0.4) is 0 Å². The maximum Gasteiger partial charge on any atom is 0.194 e. The Morgan fingerprint density at radius 2 is 2.00 bits per heavy atom. The van der Waals surface area contributed by atoms with E-state index in [9.17, 15) is 8.42 Å². The van der Waals surface area contributed by atoms with Gasteiger partial charge in [0, 0.05) is 19.6 Å². The zero-order chi connectivity index (χ0) is 20.1. The molecule has 1 saturated heterocycles. The second-order valence-corrected chi connectivity index (χ2v) is 9.83. The first-order valence-electron chi connectivity index (χ1n) is 9.29. The summed E-state index contributed by atoms with van der Waals surface area (Å²) in [4.78, 5) is 6.74. The van der Waals surface area contributed by atoms with Gasteiger partial charge in [-0.05, 0) is 45.4 Å². The quantitative estimate of drug-likeness (QED) is 0.350. The highest BCUT2D eigenvalue weighted by atomic mass is 127. The van der Waals surface area contributed by atoms with Crippen LogP contribution in [-0.4, -0.2) is 63.1 Å². The summed E-state index contributed by atoms with van der Waals surface area (Å²) in [5.74, 6) is 2.26. The number of hydrogen-bond donors (Lipinski definition) is 1. The highest BCUT2D eigenvalue weighted by Crippen LogP contribution is 2.28. The van der Waals surface area contributed by atoms with Crippen molar-refractivity contribution in [3.8, 4) is 11.5 Å². The van der Waals surface area contributed by atoms with E-state index in [0.717, 1.165) is 18.1 Å². The maximum absolute atomic E-state index is 12.3. The fourth-order valence-corrected chi connectivity index (χ4v) is 4.37. The zero-order valence-corrected chi connectivity index (χ0v) is 20.5. The highest BCUT2D eigenvalue weighted by molar-refractivity contribution is 14.0. The fourth-order valence-electron chi connectivity index (χ4n) is 3.00. The average molecular weight is 525 g/mol. The summed E-state index contributed by atoms with van der Waals surface area (Å²) >= 11 is 0. The molecule has 1 aromatic rings. The molecule has 0 bridgehead atoms. The molecular formula is C19H32IN3O4S. The summed E-state index contributed by atoms with van der Waals surface area (Å²) in [6.45, 7) is 10.1. The molecule has 1 heterocycles. The van der Waals surface area contributed by atoms with E-state index in [0.29, 0.717) is 37.7 Å². The van der Waals surface area contributed by atoms with Crippen molar-refractivity contribution < 1.29 is 17.9 Å². The number of rotatable bonds is 6. The summed E-state index contributed by atoms with van der Waals surface area (Å²) in [7, 11) is -1.47. The molecule has 1 aliphatic heterocycles. The number of nitrogens with zero attached hydrogens (tertiary/aromatic N) is 2. The van der Waals surface area contributed by atoms with Crippen LogP contribution in [0, 0.1) is 0 Å². The van der Waals surface area contributed by atoms with Gasteiger partial charge in [0.1, 0.15) is 0 Å². The Kier molecular flexibility index (Phi) is 9.32. The number of hydrogen-bond acceptors (Lipinski definition) is 5. The Balaban J connectivity index is 0.00000392. The lowest BCUT2D eigenvalue weighted by Gasteiger charge is -2.39. The van der Waals surface area contributed by atoms with Crippen LogP contribution in [0.4, 0.5) is 0 Å². The van der Waals surface area contributed by atoms with E-state index in [2.05, 4.69) is 5.32 Å². The molecule has 2 rings (SSSR count). The van der Waals surface area contributed by atoms with Crippen LogP contribution in [0.25, 0.3) is 0 Å². The Hall–Kier alpha value is -1.23. The van der Waals surface area contributed by atoms with E-state index in [4.69, 9.17) is 14.5 Å². The van der Waals surface area contributed by atoms with Gasteiger partial charge in [-0.1, -0.05) is 6.07 Å². The van der Waals surface area contributed by atoms with Crippen molar-refractivity contribution in [2.75, 3.05) is 39.1 Å². The minimum Gasteiger partial charge on any atom is -0.493 e. The molecule has 0 aliphatic carbocycles. The van der Waals surface area contributed by atoms with Crippen LogP contribution in [-0.2, 0) is 16.4 Å². The monoisotopic (exact) mass is 525 g/mol. The number of halogens is 1. The second kappa shape index (κ2) is 10.5. The van der Waals surface area contributed by atoms with Crippen molar-refractivity contribution in [3.63, 3.8) is 0 Å². The summed E-state index contributed by atoms with van der Waals surface area (Å²) in [5, 5.41) is 3.27. The molecule has 0 amide bonds. The van der Waals surface area contributed by atoms with Crippen molar-refractivity contribution in [1.29, 1.82) is 0 Å². The van der Waals surface area contributed by atoms with E-state index >= 15 is 0 Å². The van der Waals surface area contributed by atoms with E-state index in [-0.39, 0.29) is 29.7 Å². The molecule has 7 nitrogen and oxygen atoms in total. The molecule has 9 heteroatoms. The highest BCUT2D eigenvalue weighted by Gasteiger charge is 2.40. The van der Waals surface area contributed by atoms with Crippen LogP contribution in [0.15, 0.2) is 23.2 Å². The van der Waals surface area contributed by atoms with E-state index < -0.39 is 14.6 Å². The van der Waals surface area contributed by atoms with Crippen LogP contribution in [0.2, 0.25) is 0 Å². The van der Waals surface area contributed by atoms with Gasteiger partial charge in [0.05, 0.1) is 30.8 Å². The molecular weight excluding hydrogens is 493 g/mol. The molecule has 28 heavy (non-hydrogen) atoms. The van der Waals surface area contributed by atoms with Gasteiger partial charge in [-0.15, -0.1) is 24.0 Å². The summed E-state index contributed by atoms with van der Waals surface area (Å²) < 4.78 is 34.7.